The van der Waals surface area contributed by atoms with Gasteiger partial charge in [-0.15, -0.1) is 0 Å². The minimum atomic E-state index is -0.480. The Morgan fingerprint density at radius 1 is 1.22 bits per heavy atom. The van der Waals surface area contributed by atoms with Crippen molar-refractivity contribution in [1.29, 1.82) is 0 Å². The van der Waals surface area contributed by atoms with E-state index in [9.17, 15) is 9.90 Å². The van der Waals surface area contributed by atoms with Crippen LogP contribution in [0.2, 0.25) is 0 Å². The zero-order chi connectivity index (χ0) is 13.8. The van der Waals surface area contributed by atoms with Crippen LogP contribution in [0.15, 0.2) is 35.9 Å². The largest absolute Gasteiger partial charge is 0.507 e. The van der Waals surface area contributed by atoms with Gasteiger partial charge in [-0.2, -0.15) is 0 Å². The minimum Gasteiger partial charge on any atom is -0.507 e. The van der Waals surface area contributed by atoms with Gasteiger partial charge in [-0.05, 0) is 12.3 Å². The Hall–Kier alpha value is -1.77. The predicted octanol–water partition coefficient (Wildman–Crippen LogP) is 3.56. The van der Waals surface area contributed by atoms with Crippen LogP contribution in [-0.4, -0.2) is 17.7 Å². The molecule has 0 aliphatic rings. The Morgan fingerprint density at radius 3 is 2.22 bits per heavy atom. The second-order valence-electron chi connectivity index (χ2n) is 5.06. The average Bonchev–Trinajstić information content (AvgIpc) is 2.28. The highest BCUT2D eigenvalue weighted by Gasteiger charge is 2.29. The van der Waals surface area contributed by atoms with Gasteiger partial charge in [-0.3, -0.25) is 0 Å². The summed E-state index contributed by atoms with van der Waals surface area (Å²) in [6, 6.07) is 9.02. The fraction of sp³-hybridized carbons (Fsp3) is 0.400. The number of ether oxygens (including phenoxy) is 1. The first-order valence-electron chi connectivity index (χ1n) is 6.04. The zero-order valence-corrected chi connectivity index (χ0v) is 11.4. The molecular formula is C15H20O3. The van der Waals surface area contributed by atoms with Crippen molar-refractivity contribution in [3.63, 3.8) is 0 Å². The molecule has 3 heteroatoms. The lowest BCUT2D eigenvalue weighted by Gasteiger charge is -2.22. The van der Waals surface area contributed by atoms with E-state index in [0.717, 1.165) is 0 Å². The molecule has 1 N–H and O–H groups in total. The molecule has 0 fully saturated rings. The van der Waals surface area contributed by atoms with Crippen molar-refractivity contribution in [2.75, 3.05) is 6.61 Å². The Morgan fingerprint density at radius 2 is 1.78 bits per heavy atom. The molecule has 1 aromatic rings. The summed E-state index contributed by atoms with van der Waals surface area (Å²) in [5.41, 5.74) is 0.442. The van der Waals surface area contributed by atoms with E-state index in [0.29, 0.717) is 17.7 Å². The lowest BCUT2D eigenvalue weighted by Crippen LogP contribution is -2.22. The number of hydrogen-bond acceptors (Lipinski definition) is 3. The zero-order valence-electron chi connectivity index (χ0n) is 11.4. The van der Waals surface area contributed by atoms with Gasteiger partial charge in [0.05, 0.1) is 12.2 Å². The first-order valence-corrected chi connectivity index (χ1v) is 6.04. The van der Waals surface area contributed by atoms with Crippen molar-refractivity contribution in [2.45, 2.75) is 27.7 Å². The van der Waals surface area contributed by atoms with Gasteiger partial charge in [0, 0.05) is 5.56 Å². The monoisotopic (exact) mass is 248 g/mol. The lowest BCUT2D eigenvalue weighted by molar-refractivity contribution is -0.139. The van der Waals surface area contributed by atoms with E-state index in [1.165, 1.54) is 0 Å². The van der Waals surface area contributed by atoms with E-state index < -0.39 is 11.4 Å². The summed E-state index contributed by atoms with van der Waals surface area (Å²) in [6.07, 6.45) is 0. The highest BCUT2D eigenvalue weighted by atomic mass is 16.5. The molecule has 0 aliphatic heterocycles. The fourth-order valence-electron chi connectivity index (χ4n) is 1.70. The number of esters is 1. The summed E-state index contributed by atoms with van der Waals surface area (Å²) in [6.45, 7) is 7.66. The van der Waals surface area contributed by atoms with Gasteiger partial charge in [0.1, 0.15) is 5.76 Å². The SMILES string of the molecule is CCOC(=O)/C(=C(\O)c1ccccc1)C(C)(C)C. The van der Waals surface area contributed by atoms with E-state index in [4.69, 9.17) is 4.74 Å². The van der Waals surface area contributed by atoms with E-state index >= 15 is 0 Å². The highest BCUT2D eigenvalue weighted by Crippen LogP contribution is 2.32. The molecule has 3 nitrogen and oxygen atoms in total. The van der Waals surface area contributed by atoms with Crippen molar-refractivity contribution in [3.8, 4) is 0 Å². The van der Waals surface area contributed by atoms with Gasteiger partial charge in [0.25, 0.3) is 0 Å². The van der Waals surface area contributed by atoms with Crippen LogP contribution in [0.25, 0.3) is 5.76 Å². The lowest BCUT2D eigenvalue weighted by atomic mass is 9.84. The molecule has 18 heavy (non-hydrogen) atoms. The van der Waals surface area contributed by atoms with Crippen molar-refractivity contribution in [1.82, 2.24) is 0 Å². The summed E-state index contributed by atoms with van der Waals surface area (Å²) in [7, 11) is 0. The number of aliphatic hydroxyl groups is 1. The van der Waals surface area contributed by atoms with Crippen LogP contribution in [0, 0.1) is 5.41 Å². The van der Waals surface area contributed by atoms with Crippen LogP contribution in [0.5, 0.6) is 0 Å². The van der Waals surface area contributed by atoms with E-state index in [-0.39, 0.29) is 5.76 Å². The average molecular weight is 248 g/mol. The van der Waals surface area contributed by atoms with Gasteiger partial charge in [-0.1, -0.05) is 51.1 Å². The van der Waals surface area contributed by atoms with Crippen LogP contribution in [0.1, 0.15) is 33.3 Å². The van der Waals surface area contributed by atoms with Crippen LogP contribution < -0.4 is 0 Å². The molecule has 0 atom stereocenters. The van der Waals surface area contributed by atoms with Crippen LogP contribution >= 0.6 is 0 Å². The smallest absolute Gasteiger partial charge is 0.338 e. The summed E-state index contributed by atoms with van der Waals surface area (Å²) < 4.78 is 5.02. The fourth-order valence-corrected chi connectivity index (χ4v) is 1.70. The molecule has 0 aliphatic carbocycles. The molecule has 0 spiro atoms. The van der Waals surface area contributed by atoms with Crippen molar-refractivity contribution < 1.29 is 14.6 Å². The first kappa shape index (κ1) is 14.3. The molecule has 98 valence electrons. The quantitative estimate of drug-likeness (QED) is 0.505. The van der Waals surface area contributed by atoms with Crippen LogP contribution in [0.3, 0.4) is 0 Å². The number of carbonyl (C=O) groups is 1. The van der Waals surface area contributed by atoms with Gasteiger partial charge in [0.15, 0.2) is 0 Å². The van der Waals surface area contributed by atoms with Crippen LogP contribution in [0.4, 0.5) is 0 Å². The molecule has 0 saturated heterocycles. The second-order valence-corrected chi connectivity index (χ2v) is 5.06. The maximum Gasteiger partial charge on any atom is 0.338 e. The van der Waals surface area contributed by atoms with Gasteiger partial charge in [0.2, 0.25) is 0 Å². The maximum atomic E-state index is 12.0. The van der Waals surface area contributed by atoms with Gasteiger partial charge in [-0.25, -0.2) is 4.79 Å². The summed E-state index contributed by atoms with van der Waals surface area (Å²) in [5, 5.41) is 10.3. The van der Waals surface area contributed by atoms with Crippen molar-refractivity contribution in [3.05, 3.63) is 41.5 Å². The van der Waals surface area contributed by atoms with Crippen molar-refractivity contribution >= 4 is 11.7 Å². The molecular weight excluding hydrogens is 228 g/mol. The van der Waals surface area contributed by atoms with Gasteiger partial charge >= 0.3 is 5.97 Å². The third kappa shape index (κ3) is 3.36. The number of aliphatic hydroxyl groups excluding tert-OH is 1. The third-order valence-corrected chi connectivity index (χ3v) is 2.51. The molecule has 1 aromatic carbocycles. The van der Waals surface area contributed by atoms with Crippen molar-refractivity contribution in [2.24, 2.45) is 5.41 Å². The molecule has 1 rings (SSSR count). The Bertz CT molecular complexity index is 439. The molecule has 0 saturated carbocycles. The Labute approximate surface area is 108 Å². The Kier molecular flexibility index (Phi) is 4.54. The van der Waals surface area contributed by atoms with Gasteiger partial charge < -0.3 is 9.84 Å². The number of hydrogen-bond donors (Lipinski definition) is 1. The Balaban J connectivity index is 3.29. The van der Waals surface area contributed by atoms with E-state index in [1.54, 1.807) is 19.1 Å². The molecule has 0 amide bonds. The summed E-state index contributed by atoms with van der Waals surface area (Å²) >= 11 is 0. The van der Waals surface area contributed by atoms with E-state index in [2.05, 4.69) is 0 Å². The summed E-state index contributed by atoms with van der Waals surface area (Å²) in [4.78, 5) is 12.0. The summed E-state index contributed by atoms with van der Waals surface area (Å²) in [5.74, 6) is -0.479. The highest BCUT2D eigenvalue weighted by molar-refractivity contribution is 5.97. The minimum absolute atomic E-state index is 0.0125. The molecule has 0 aromatic heterocycles. The molecule has 0 radical (unpaired) electrons. The number of benzene rings is 1. The first-order chi connectivity index (χ1) is 8.38. The number of carbonyl (C=O) groups excluding carboxylic acids is 1. The topological polar surface area (TPSA) is 46.5 Å². The molecule has 0 heterocycles. The second kappa shape index (κ2) is 5.71. The molecule has 0 unspecified atom stereocenters. The normalized spacial score (nSPS) is 12.9. The van der Waals surface area contributed by atoms with Crippen LogP contribution in [-0.2, 0) is 9.53 Å². The molecule has 0 bridgehead atoms. The van der Waals surface area contributed by atoms with E-state index in [1.807, 2.05) is 39.0 Å². The predicted molar refractivity (Wildman–Crippen MR) is 72.1 cm³/mol. The third-order valence-electron chi connectivity index (χ3n) is 2.51. The maximum absolute atomic E-state index is 12.0. The number of rotatable bonds is 3. The standard InChI is InChI=1S/C15H20O3/c1-5-18-14(17)12(15(2,3)4)13(16)11-9-7-6-8-10-11/h6-10,16H,5H2,1-4H3/b13-12+.